The average molecular weight is 294 g/mol. The largest absolute Gasteiger partial charge is 0.497 e. The summed E-state index contributed by atoms with van der Waals surface area (Å²) in [6.45, 7) is 0. The van der Waals surface area contributed by atoms with Gasteiger partial charge in [0.15, 0.2) is 5.82 Å². The first-order chi connectivity index (χ1) is 10.8. The Balaban J connectivity index is 1.98. The molecule has 0 aliphatic heterocycles. The van der Waals surface area contributed by atoms with E-state index < -0.39 is 5.82 Å². The molecule has 6 heteroatoms. The normalized spacial score (nSPS) is 11.2. The Bertz CT molecular complexity index is 996. The maximum atomic E-state index is 14.1. The van der Waals surface area contributed by atoms with Crippen LogP contribution in [0.25, 0.3) is 33.5 Å². The van der Waals surface area contributed by atoms with Crippen molar-refractivity contribution in [2.45, 2.75) is 0 Å². The highest BCUT2D eigenvalue weighted by Gasteiger charge is 2.13. The third-order valence-corrected chi connectivity index (χ3v) is 3.50. The Morgan fingerprint density at radius 3 is 2.86 bits per heavy atom. The summed E-state index contributed by atoms with van der Waals surface area (Å²) in [6, 6.07) is 8.24. The first kappa shape index (κ1) is 12.7. The number of hydrogen-bond donors (Lipinski definition) is 1. The van der Waals surface area contributed by atoms with Crippen molar-refractivity contribution in [2.24, 2.45) is 0 Å². The lowest BCUT2D eigenvalue weighted by atomic mass is 10.2. The number of hydrogen-bond acceptors (Lipinski definition) is 4. The van der Waals surface area contributed by atoms with E-state index in [0.29, 0.717) is 22.7 Å². The molecule has 0 bridgehead atoms. The molecule has 1 N–H and O–H groups in total. The molecular formula is C16H11FN4O. The molecule has 0 fully saturated rings. The SMILES string of the molecule is COc1ccc(F)c(-c2ncc3[nH]c4cccnc4c3n2)c1. The Morgan fingerprint density at radius 1 is 1.09 bits per heavy atom. The topological polar surface area (TPSA) is 63.7 Å². The molecule has 0 saturated carbocycles. The standard InChI is InChI=1S/C16H11FN4O/c1-22-9-4-5-11(17)10(7-9)16-19-8-13-15(21-16)14-12(20-13)3-2-6-18-14/h2-8,20H,1H3. The molecule has 0 spiro atoms. The number of halogens is 1. The Hall–Kier alpha value is -3.02. The average Bonchev–Trinajstić information content (AvgIpc) is 2.93. The lowest BCUT2D eigenvalue weighted by Crippen LogP contribution is -1.93. The zero-order chi connectivity index (χ0) is 15.1. The first-order valence-electron chi connectivity index (χ1n) is 6.69. The number of nitrogens with zero attached hydrogens (tertiary/aromatic N) is 3. The maximum absolute atomic E-state index is 14.1. The number of methoxy groups -OCH3 is 1. The lowest BCUT2D eigenvalue weighted by molar-refractivity contribution is 0.414. The maximum Gasteiger partial charge on any atom is 0.163 e. The smallest absolute Gasteiger partial charge is 0.163 e. The van der Waals surface area contributed by atoms with Gasteiger partial charge in [-0.3, -0.25) is 4.98 Å². The number of H-pyrrole nitrogens is 1. The number of rotatable bonds is 2. The molecule has 108 valence electrons. The van der Waals surface area contributed by atoms with Crippen LogP contribution in [-0.2, 0) is 0 Å². The molecule has 0 aliphatic rings. The number of aromatic amines is 1. The van der Waals surface area contributed by atoms with Gasteiger partial charge in [-0.05, 0) is 30.3 Å². The molecule has 1 aromatic carbocycles. The highest BCUT2D eigenvalue weighted by molar-refractivity contribution is 6.02. The van der Waals surface area contributed by atoms with Gasteiger partial charge < -0.3 is 9.72 Å². The van der Waals surface area contributed by atoms with Gasteiger partial charge in [0.1, 0.15) is 22.6 Å². The van der Waals surface area contributed by atoms with Crippen LogP contribution in [0.3, 0.4) is 0 Å². The van der Waals surface area contributed by atoms with E-state index >= 15 is 0 Å². The van der Waals surface area contributed by atoms with Crippen LogP contribution in [-0.4, -0.2) is 27.0 Å². The third kappa shape index (κ3) is 1.88. The fourth-order valence-electron chi connectivity index (χ4n) is 2.43. The molecule has 22 heavy (non-hydrogen) atoms. The predicted molar refractivity (Wildman–Crippen MR) is 81.1 cm³/mol. The molecule has 0 atom stereocenters. The Kier molecular flexibility index (Phi) is 2.75. The van der Waals surface area contributed by atoms with E-state index in [-0.39, 0.29) is 0 Å². The van der Waals surface area contributed by atoms with Gasteiger partial charge >= 0.3 is 0 Å². The molecule has 5 nitrogen and oxygen atoms in total. The van der Waals surface area contributed by atoms with Gasteiger partial charge in [-0.25, -0.2) is 14.4 Å². The summed E-state index contributed by atoms with van der Waals surface area (Å²) in [4.78, 5) is 16.2. The van der Waals surface area contributed by atoms with E-state index in [2.05, 4.69) is 19.9 Å². The van der Waals surface area contributed by atoms with Crippen molar-refractivity contribution in [3.05, 3.63) is 48.5 Å². The van der Waals surface area contributed by atoms with Crippen LogP contribution in [0.1, 0.15) is 0 Å². The van der Waals surface area contributed by atoms with E-state index in [4.69, 9.17) is 4.74 Å². The van der Waals surface area contributed by atoms with Crippen molar-refractivity contribution in [1.29, 1.82) is 0 Å². The fourth-order valence-corrected chi connectivity index (χ4v) is 2.43. The molecule has 0 aliphatic carbocycles. The number of benzene rings is 1. The van der Waals surface area contributed by atoms with Crippen molar-refractivity contribution in [3.8, 4) is 17.1 Å². The second-order valence-electron chi connectivity index (χ2n) is 4.83. The zero-order valence-electron chi connectivity index (χ0n) is 11.7. The van der Waals surface area contributed by atoms with Gasteiger partial charge in [-0.2, -0.15) is 0 Å². The Morgan fingerprint density at radius 2 is 2.00 bits per heavy atom. The first-order valence-corrected chi connectivity index (χ1v) is 6.69. The van der Waals surface area contributed by atoms with Crippen LogP contribution in [0.15, 0.2) is 42.7 Å². The summed E-state index contributed by atoms with van der Waals surface area (Å²) in [7, 11) is 1.53. The van der Waals surface area contributed by atoms with E-state index in [1.54, 1.807) is 24.5 Å². The van der Waals surface area contributed by atoms with Crippen molar-refractivity contribution in [2.75, 3.05) is 7.11 Å². The molecule has 3 heterocycles. The van der Waals surface area contributed by atoms with E-state index in [1.807, 2.05) is 12.1 Å². The van der Waals surface area contributed by atoms with Crippen molar-refractivity contribution in [1.82, 2.24) is 19.9 Å². The number of fused-ring (bicyclic) bond motifs is 3. The summed E-state index contributed by atoms with van der Waals surface area (Å²) < 4.78 is 19.2. The minimum absolute atomic E-state index is 0.298. The van der Waals surface area contributed by atoms with Gasteiger partial charge in [0.25, 0.3) is 0 Å². The van der Waals surface area contributed by atoms with Crippen LogP contribution in [0.4, 0.5) is 4.39 Å². The van der Waals surface area contributed by atoms with Gasteiger partial charge in [-0.15, -0.1) is 0 Å². The zero-order valence-corrected chi connectivity index (χ0v) is 11.7. The molecular weight excluding hydrogens is 283 g/mol. The predicted octanol–water partition coefficient (Wildman–Crippen LogP) is 3.32. The van der Waals surface area contributed by atoms with Crippen molar-refractivity contribution in [3.63, 3.8) is 0 Å². The van der Waals surface area contributed by atoms with E-state index in [9.17, 15) is 4.39 Å². The van der Waals surface area contributed by atoms with Gasteiger partial charge in [0.05, 0.1) is 29.9 Å². The van der Waals surface area contributed by atoms with Crippen LogP contribution in [0.5, 0.6) is 5.75 Å². The number of aromatic nitrogens is 4. The lowest BCUT2D eigenvalue weighted by Gasteiger charge is -2.05. The second kappa shape index (κ2) is 4.77. The molecule has 0 saturated heterocycles. The van der Waals surface area contributed by atoms with Crippen LogP contribution >= 0.6 is 0 Å². The van der Waals surface area contributed by atoms with Gasteiger partial charge in [0, 0.05) is 6.20 Å². The summed E-state index contributed by atoms with van der Waals surface area (Å²) in [5.41, 5.74) is 3.34. The molecule has 0 unspecified atom stereocenters. The van der Waals surface area contributed by atoms with Crippen LogP contribution < -0.4 is 4.74 Å². The van der Waals surface area contributed by atoms with Gasteiger partial charge in [-0.1, -0.05) is 0 Å². The third-order valence-electron chi connectivity index (χ3n) is 3.50. The van der Waals surface area contributed by atoms with E-state index in [1.165, 1.54) is 13.2 Å². The monoisotopic (exact) mass is 294 g/mol. The molecule has 0 amide bonds. The van der Waals surface area contributed by atoms with Crippen molar-refractivity contribution < 1.29 is 9.13 Å². The minimum atomic E-state index is -0.395. The van der Waals surface area contributed by atoms with Crippen molar-refractivity contribution >= 4 is 22.1 Å². The summed E-state index contributed by atoms with van der Waals surface area (Å²) >= 11 is 0. The minimum Gasteiger partial charge on any atom is -0.497 e. The van der Waals surface area contributed by atoms with E-state index in [0.717, 1.165) is 16.6 Å². The Labute approximate surface area is 124 Å². The number of pyridine rings is 1. The molecule has 0 radical (unpaired) electrons. The van der Waals surface area contributed by atoms with Crippen LogP contribution in [0.2, 0.25) is 0 Å². The quantitative estimate of drug-likeness (QED) is 0.616. The number of ether oxygens (including phenoxy) is 1. The highest BCUT2D eigenvalue weighted by Crippen LogP contribution is 2.27. The molecule has 4 aromatic rings. The van der Waals surface area contributed by atoms with Gasteiger partial charge in [0.2, 0.25) is 0 Å². The molecule has 4 rings (SSSR count). The molecule has 3 aromatic heterocycles. The fraction of sp³-hybridized carbons (Fsp3) is 0.0625. The number of nitrogens with one attached hydrogen (secondary N) is 1. The second-order valence-corrected chi connectivity index (χ2v) is 4.83. The highest BCUT2D eigenvalue weighted by atomic mass is 19.1. The summed E-state index contributed by atoms with van der Waals surface area (Å²) in [5, 5.41) is 0. The summed E-state index contributed by atoms with van der Waals surface area (Å²) in [6.07, 6.45) is 3.34. The summed E-state index contributed by atoms with van der Waals surface area (Å²) in [5.74, 6) is 0.459. The van der Waals surface area contributed by atoms with Crippen LogP contribution in [0, 0.1) is 5.82 Å².